The van der Waals surface area contributed by atoms with E-state index in [0.29, 0.717) is 5.92 Å². The Morgan fingerprint density at radius 3 is 1.50 bits per heavy atom. The molecule has 0 atom stereocenters. The van der Waals surface area contributed by atoms with E-state index in [9.17, 15) is 0 Å². The maximum Gasteiger partial charge on any atom is 0.0509 e. The van der Waals surface area contributed by atoms with Crippen molar-refractivity contribution in [3.05, 3.63) is 0 Å². The van der Waals surface area contributed by atoms with Crippen molar-refractivity contribution in [1.29, 1.82) is 0 Å². The van der Waals surface area contributed by atoms with E-state index in [-0.39, 0.29) is 14.9 Å². The monoisotopic (exact) mass is 150 g/mol. The lowest BCUT2D eigenvalue weighted by atomic mass is 10.2. The lowest BCUT2D eigenvalue weighted by molar-refractivity contribution is 0.0933. The fourth-order valence-electron chi connectivity index (χ4n) is 0.617. The molecule has 0 aromatic heterocycles. The van der Waals surface area contributed by atoms with Gasteiger partial charge in [-0.25, -0.2) is 0 Å². The molecule has 0 saturated carbocycles. The van der Waals surface area contributed by atoms with Crippen molar-refractivity contribution < 1.29 is 9.47 Å². The Bertz CT molecular complexity index is 40.5. The van der Waals surface area contributed by atoms with Crippen molar-refractivity contribution in [3.8, 4) is 0 Å². The van der Waals surface area contributed by atoms with Crippen LogP contribution in [-0.2, 0) is 9.47 Å². The zero-order valence-electron chi connectivity index (χ0n) is 5.81. The van der Waals surface area contributed by atoms with Gasteiger partial charge in [0, 0.05) is 20.1 Å². The molecule has 0 aliphatic carbocycles. The third-order valence-corrected chi connectivity index (χ3v) is 0.902. The predicted octanol–water partition coefficient (Wildman–Crippen LogP) is 2.19. The van der Waals surface area contributed by atoms with Gasteiger partial charge in [-0.1, -0.05) is 21.8 Å². The summed E-state index contributed by atoms with van der Waals surface area (Å²) in [5.41, 5.74) is 0. The molecule has 0 radical (unpaired) electrons. The molecule has 0 spiro atoms. The first-order valence-corrected chi connectivity index (χ1v) is 2.79. The van der Waals surface area contributed by atoms with Crippen molar-refractivity contribution in [3.63, 3.8) is 0 Å². The van der Waals surface area contributed by atoms with E-state index in [2.05, 4.69) is 6.92 Å². The summed E-state index contributed by atoms with van der Waals surface area (Å²) in [6.45, 7) is 3.66. The quantitative estimate of drug-likeness (QED) is 0.611. The van der Waals surface area contributed by atoms with Gasteiger partial charge in [0.2, 0.25) is 0 Å². The van der Waals surface area contributed by atoms with E-state index < -0.39 is 0 Å². The summed E-state index contributed by atoms with van der Waals surface area (Å²) in [5.74, 6) is 0.519. The van der Waals surface area contributed by atoms with Crippen LogP contribution in [-0.4, -0.2) is 27.4 Å². The second kappa shape index (κ2) is 11.7. The van der Waals surface area contributed by atoms with Crippen LogP contribution in [0.1, 0.15) is 21.8 Å². The molecule has 0 N–H and O–H groups in total. The van der Waals surface area contributed by atoms with Gasteiger partial charge in [0.15, 0.2) is 0 Å². The molecule has 0 aliphatic heterocycles. The summed E-state index contributed by atoms with van der Waals surface area (Å²) in [6, 6.07) is 0. The number of ether oxygens (including phenoxy) is 2. The molecule has 0 saturated heterocycles. The molecule has 66 valence electrons. The van der Waals surface area contributed by atoms with E-state index in [1.807, 2.05) is 0 Å². The summed E-state index contributed by atoms with van der Waals surface area (Å²) in [7, 11) is 3.40. The first-order chi connectivity index (χ1) is 3.81. The first-order valence-electron chi connectivity index (χ1n) is 2.79. The zero-order valence-corrected chi connectivity index (χ0v) is 5.81. The molecule has 0 fully saturated rings. The molecule has 10 heavy (non-hydrogen) atoms. The summed E-state index contributed by atoms with van der Waals surface area (Å²) < 4.78 is 9.75. The Balaban J connectivity index is -0.000000245. The maximum absolute atomic E-state index is 4.88. The molecule has 2 nitrogen and oxygen atoms in total. The lowest BCUT2D eigenvalue weighted by Crippen LogP contribution is -2.09. The van der Waals surface area contributed by atoms with Crippen LogP contribution >= 0.6 is 0 Å². The average molecular weight is 150 g/mol. The van der Waals surface area contributed by atoms with Gasteiger partial charge in [0.05, 0.1) is 13.2 Å². The Hall–Kier alpha value is -0.0800. The van der Waals surface area contributed by atoms with Gasteiger partial charge in [0.25, 0.3) is 0 Å². The van der Waals surface area contributed by atoms with E-state index in [0.717, 1.165) is 13.2 Å². The highest BCUT2D eigenvalue weighted by molar-refractivity contribution is 4.45. The van der Waals surface area contributed by atoms with Crippen molar-refractivity contribution in [2.45, 2.75) is 21.8 Å². The molecule has 0 bridgehead atoms. The van der Waals surface area contributed by atoms with Crippen LogP contribution in [0.4, 0.5) is 0 Å². The SMILES string of the molecule is C.C.COCC(C)COC. The number of rotatable bonds is 4. The van der Waals surface area contributed by atoms with E-state index in [1.165, 1.54) is 0 Å². The molecule has 0 amide bonds. The van der Waals surface area contributed by atoms with Gasteiger partial charge in [0.1, 0.15) is 0 Å². The van der Waals surface area contributed by atoms with Crippen LogP contribution in [0.5, 0.6) is 0 Å². The van der Waals surface area contributed by atoms with Crippen molar-refractivity contribution in [2.75, 3.05) is 27.4 Å². The highest BCUT2D eigenvalue weighted by Gasteiger charge is 1.97. The second-order valence-corrected chi connectivity index (χ2v) is 2.02. The molecule has 0 rings (SSSR count). The normalized spacial score (nSPS) is 8.40. The zero-order chi connectivity index (χ0) is 6.41. The van der Waals surface area contributed by atoms with Gasteiger partial charge in [-0.15, -0.1) is 0 Å². The number of hydrogen-bond acceptors (Lipinski definition) is 2. The van der Waals surface area contributed by atoms with Gasteiger partial charge in [-0.2, -0.15) is 0 Å². The van der Waals surface area contributed by atoms with Crippen molar-refractivity contribution in [1.82, 2.24) is 0 Å². The highest BCUT2D eigenvalue weighted by atomic mass is 16.5. The second-order valence-electron chi connectivity index (χ2n) is 2.02. The lowest BCUT2D eigenvalue weighted by Gasteiger charge is -2.06. The Labute approximate surface area is 65.5 Å². The van der Waals surface area contributed by atoms with E-state index in [1.54, 1.807) is 14.2 Å². The van der Waals surface area contributed by atoms with E-state index in [4.69, 9.17) is 9.47 Å². The first kappa shape index (κ1) is 16.5. The standard InChI is InChI=1S/C6H14O2.2CH4/c1-6(4-7-2)5-8-3;;/h6H,4-5H2,1-3H3;2*1H4. The minimum absolute atomic E-state index is 0. The largest absolute Gasteiger partial charge is 0.384 e. The summed E-state index contributed by atoms with van der Waals surface area (Å²) in [4.78, 5) is 0. The number of hydrogen-bond donors (Lipinski definition) is 0. The third-order valence-electron chi connectivity index (χ3n) is 0.902. The molecule has 0 aromatic carbocycles. The third kappa shape index (κ3) is 10.8. The van der Waals surface area contributed by atoms with Crippen LogP contribution in [0.2, 0.25) is 0 Å². The van der Waals surface area contributed by atoms with Crippen LogP contribution in [0.15, 0.2) is 0 Å². The Morgan fingerprint density at radius 2 is 1.30 bits per heavy atom. The van der Waals surface area contributed by atoms with Crippen LogP contribution in [0.3, 0.4) is 0 Å². The van der Waals surface area contributed by atoms with Crippen LogP contribution in [0, 0.1) is 5.92 Å². The molecule has 0 heterocycles. The van der Waals surface area contributed by atoms with E-state index >= 15 is 0 Å². The Morgan fingerprint density at radius 1 is 1.00 bits per heavy atom. The maximum atomic E-state index is 4.88. The summed E-state index contributed by atoms with van der Waals surface area (Å²) >= 11 is 0. The molecular formula is C8H22O2. The fourth-order valence-corrected chi connectivity index (χ4v) is 0.617. The highest BCUT2D eigenvalue weighted by Crippen LogP contribution is 1.93. The van der Waals surface area contributed by atoms with Gasteiger partial charge < -0.3 is 9.47 Å². The fraction of sp³-hybridized carbons (Fsp3) is 1.00. The molecule has 2 heteroatoms. The molecule has 0 aromatic rings. The minimum Gasteiger partial charge on any atom is -0.384 e. The topological polar surface area (TPSA) is 18.5 Å². The van der Waals surface area contributed by atoms with Crippen molar-refractivity contribution >= 4 is 0 Å². The smallest absolute Gasteiger partial charge is 0.0509 e. The molecule has 0 unspecified atom stereocenters. The van der Waals surface area contributed by atoms with Crippen LogP contribution in [0.25, 0.3) is 0 Å². The summed E-state index contributed by atoms with van der Waals surface area (Å²) in [6.07, 6.45) is 0. The van der Waals surface area contributed by atoms with Gasteiger partial charge in [-0.3, -0.25) is 0 Å². The van der Waals surface area contributed by atoms with Gasteiger partial charge >= 0.3 is 0 Å². The predicted molar refractivity (Wildman–Crippen MR) is 46.4 cm³/mol. The van der Waals surface area contributed by atoms with Crippen LogP contribution < -0.4 is 0 Å². The summed E-state index contributed by atoms with van der Waals surface area (Å²) in [5, 5.41) is 0. The van der Waals surface area contributed by atoms with Gasteiger partial charge in [-0.05, 0) is 0 Å². The Kier molecular flexibility index (Phi) is 19.3. The number of methoxy groups -OCH3 is 2. The molecule has 0 aliphatic rings. The average Bonchev–Trinajstić information content (AvgIpc) is 1.68. The van der Waals surface area contributed by atoms with Crippen molar-refractivity contribution in [2.24, 2.45) is 5.92 Å². The molecular weight excluding hydrogens is 128 g/mol. The minimum atomic E-state index is 0.